The zero-order valence-electron chi connectivity index (χ0n) is 17.0. The van der Waals surface area contributed by atoms with Gasteiger partial charge in [-0.1, -0.05) is 42.5 Å². The Morgan fingerprint density at radius 2 is 1.86 bits per heavy atom. The van der Waals surface area contributed by atoms with Gasteiger partial charge in [0.2, 0.25) is 11.8 Å². The third kappa shape index (κ3) is 4.85. The van der Waals surface area contributed by atoms with Crippen molar-refractivity contribution in [2.75, 3.05) is 29.9 Å². The molecule has 0 bridgehead atoms. The van der Waals surface area contributed by atoms with Gasteiger partial charge in [0.05, 0.1) is 17.9 Å². The first kappa shape index (κ1) is 19.6. The second-order valence-electron chi connectivity index (χ2n) is 8.17. The summed E-state index contributed by atoms with van der Waals surface area (Å²) in [7, 11) is 0. The first-order valence-corrected chi connectivity index (χ1v) is 10.6. The first-order chi connectivity index (χ1) is 14.1. The molecule has 2 aromatic rings. The second kappa shape index (κ2) is 8.78. The predicted octanol–water partition coefficient (Wildman–Crippen LogP) is 4.23. The minimum absolute atomic E-state index is 0.0347. The van der Waals surface area contributed by atoms with E-state index in [1.807, 2.05) is 42.5 Å². The number of nitrogens with one attached hydrogen (secondary N) is 1. The number of hydrogen-bond acceptors (Lipinski definition) is 3. The smallest absolute Gasteiger partial charge is 0.238 e. The van der Waals surface area contributed by atoms with Crippen molar-refractivity contribution in [3.63, 3.8) is 0 Å². The van der Waals surface area contributed by atoms with E-state index < -0.39 is 0 Å². The molecule has 1 saturated carbocycles. The number of hydrogen-bond donors (Lipinski definition) is 1. The first-order valence-electron chi connectivity index (χ1n) is 10.6. The molecular formula is C24H29N3O2. The third-order valence-corrected chi connectivity index (χ3v) is 5.91. The van der Waals surface area contributed by atoms with Crippen molar-refractivity contribution >= 4 is 23.2 Å². The van der Waals surface area contributed by atoms with E-state index in [1.165, 1.54) is 18.4 Å². The van der Waals surface area contributed by atoms with E-state index in [2.05, 4.69) is 29.3 Å². The summed E-state index contributed by atoms with van der Waals surface area (Å²) in [6, 6.07) is 18.1. The Kier molecular flexibility index (Phi) is 5.95. The lowest BCUT2D eigenvalue weighted by atomic mass is 10.1. The van der Waals surface area contributed by atoms with E-state index in [9.17, 15) is 9.59 Å². The molecule has 2 aromatic carbocycles. The Morgan fingerprint density at radius 1 is 1.14 bits per heavy atom. The second-order valence-corrected chi connectivity index (χ2v) is 8.17. The minimum atomic E-state index is -0.0347. The van der Waals surface area contributed by atoms with Crippen LogP contribution in [0, 0.1) is 5.92 Å². The van der Waals surface area contributed by atoms with Gasteiger partial charge in [-0.3, -0.25) is 14.5 Å². The summed E-state index contributed by atoms with van der Waals surface area (Å²) in [6.45, 7) is 4.16. The number of carbonyl (C=O) groups is 2. The summed E-state index contributed by atoms with van der Waals surface area (Å²) in [5.41, 5.74) is 2.74. The van der Waals surface area contributed by atoms with Crippen molar-refractivity contribution in [1.29, 1.82) is 0 Å². The zero-order valence-corrected chi connectivity index (χ0v) is 17.0. The van der Waals surface area contributed by atoms with Crippen LogP contribution in [-0.2, 0) is 9.59 Å². The Labute approximate surface area is 172 Å². The van der Waals surface area contributed by atoms with E-state index >= 15 is 0 Å². The molecule has 1 atom stereocenters. The van der Waals surface area contributed by atoms with E-state index in [0.717, 1.165) is 18.7 Å². The number of amides is 2. The van der Waals surface area contributed by atoms with Gasteiger partial charge < -0.3 is 10.2 Å². The molecule has 2 amide bonds. The van der Waals surface area contributed by atoms with Crippen LogP contribution in [0.25, 0.3) is 0 Å². The van der Waals surface area contributed by atoms with Crippen LogP contribution in [0.15, 0.2) is 54.6 Å². The molecular weight excluding hydrogens is 362 g/mol. The van der Waals surface area contributed by atoms with Gasteiger partial charge in [-0.05, 0) is 49.8 Å². The predicted molar refractivity (Wildman–Crippen MR) is 116 cm³/mol. The van der Waals surface area contributed by atoms with Crippen LogP contribution in [0.4, 0.5) is 11.4 Å². The Morgan fingerprint density at radius 3 is 2.55 bits per heavy atom. The monoisotopic (exact) mass is 391 g/mol. The van der Waals surface area contributed by atoms with Crippen LogP contribution in [-0.4, -0.2) is 36.3 Å². The molecule has 1 aliphatic carbocycles. The molecule has 1 aliphatic heterocycles. The highest BCUT2D eigenvalue weighted by Gasteiger charge is 2.29. The quantitative estimate of drug-likeness (QED) is 0.733. The molecule has 4 rings (SSSR count). The SMILES string of the molecule is CC(c1ccccc1)N(CC(=O)Nc1ccccc1N1CCCC1=O)CC1CC1. The van der Waals surface area contributed by atoms with Crippen molar-refractivity contribution in [1.82, 2.24) is 4.90 Å². The standard InChI is InChI=1S/C24H29N3O2/c1-18(20-8-3-2-4-9-20)26(16-19-13-14-19)17-23(28)25-21-10-5-6-11-22(21)27-15-7-12-24(27)29/h2-6,8-11,18-19H,7,12-17H2,1H3,(H,25,28). The maximum atomic E-state index is 13.0. The van der Waals surface area contributed by atoms with Crippen molar-refractivity contribution in [2.45, 2.75) is 38.6 Å². The molecule has 152 valence electrons. The molecule has 5 heteroatoms. The largest absolute Gasteiger partial charge is 0.323 e. The zero-order chi connectivity index (χ0) is 20.2. The van der Waals surface area contributed by atoms with Gasteiger partial charge in [-0.15, -0.1) is 0 Å². The van der Waals surface area contributed by atoms with Crippen molar-refractivity contribution < 1.29 is 9.59 Å². The molecule has 29 heavy (non-hydrogen) atoms. The van der Waals surface area contributed by atoms with Crippen molar-refractivity contribution in [2.24, 2.45) is 5.92 Å². The average molecular weight is 392 g/mol. The van der Waals surface area contributed by atoms with Crippen LogP contribution >= 0.6 is 0 Å². The topological polar surface area (TPSA) is 52.7 Å². The number of rotatable bonds is 8. The lowest BCUT2D eigenvalue weighted by Crippen LogP contribution is -2.37. The average Bonchev–Trinajstić information content (AvgIpc) is 3.46. The Balaban J connectivity index is 1.47. The fourth-order valence-corrected chi connectivity index (χ4v) is 4.03. The normalized spacial score (nSPS) is 17.6. The number of benzene rings is 2. The molecule has 0 radical (unpaired) electrons. The lowest BCUT2D eigenvalue weighted by Gasteiger charge is -2.29. The van der Waals surface area contributed by atoms with E-state index in [-0.39, 0.29) is 17.9 Å². The summed E-state index contributed by atoms with van der Waals surface area (Å²) in [4.78, 5) is 29.2. The highest BCUT2D eigenvalue weighted by atomic mass is 16.2. The summed E-state index contributed by atoms with van der Waals surface area (Å²) in [5.74, 6) is 0.788. The van der Waals surface area contributed by atoms with Gasteiger partial charge in [0.15, 0.2) is 0 Å². The number of anilines is 2. The molecule has 2 fully saturated rings. The molecule has 0 spiro atoms. The summed E-state index contributed by atoms with van der Waals surface area (Å²) in [5, 5.41) is 3.06. The van der Waals surface area contributed by atoms with Gasteiger partial charge in [0.25, 0.3) is 0 Å². The molecule has 1 heterocycles. The Bertz CT molecular complexity index is 863. The van der Waals surface area contributed by atoms with Gasteiger partial charge in [0, 0.05) is 25.6 Å². The molecule has 1 N–H and O–H groups in total. The highest BCUT2D eigenvalue weighted by Crippen LogP contribution is 2.33. The van der Waals surface area contributed by atoms with Crippen LogP contribution in [0.3, 0.4) is 0 Å². The van der Waals surface area contributed by atoms with Crippen LogP contribution in [0.1, 0.15) is 44.2 Å². The fourth-order valence-electron chi connectivity index (χ4n) is 4.03. The minimum Gasteiger partial charge on any atom is -0.323 e. The summed E-state index contributed by atoms with van der Waals surface area (Å²) < 4.78 is 0. The van der Waals surface area contributed by atoms with Crippen LogP contribution in [0.2, 0.25) is 0 Å². The van der Waals surface area contributed by atoms with Gasteiger partial charge in [-0.2, -0.15) is 0 Å². The molecule has 2 aliphatic rings. The molecule has 0 aromatic heterocycles. The van der Waals surface area contributed by atoms with Gasteiger partial charge in [-0.25, -0.2) is 0 Å². The lowest BCUT2D eigenvalue weighted by molar-refractivity contribution is -0.118. The molecule has 1 saturated heterocycles. The summed E-state index contributed by atoms with van der Waals surface area (Å²) in [6.07, 6.45) is 3.94. The number of para-hydroxylation sites is 2. The maximum Gasteiger partial charge on any atom is 0.238 e. The van der Waals surface area contributed by atoms with Gasteiger partial charge in [0.1, 0.15) is 0 Å². The number of nitrogens with zero attached hydrogens (tertiary/aromatic N) is 2. The third-order valence-electron chi connectivity index (χ3n) is 5.91. The Hall–Kier alpha value is -2.66. The molecule has 5 nitrogen and oxygen atoms in total. The van der Waals surface area contributed by atoms with Crippen molar-refractivity contribution in [3.8, 4) is 0 Å². The van der Waals surface area contributed by atoms with Crippen molar-refractivity contribution in [3.05, 3.63) is 60.2 Å². The molecule has 1 unspecified atom stereocenters. The summed E-state index contributed by atoms with van der Waals surface area (Å²) >= 11 is 0. The van der Waals surface area contributed by atoms with Gasteiger partial charge >= 0.3 is 0 Å². The van der Waals surface area contributed by atoms with E-state index in [0.29, 0.717) is 31.1 Å². The maximum absolute atomic E-state index is 13.0. The van der Waals surface area contributed by atoms with E-state index in [4.69, 9.17) is 0 Å². The van der Waals surface area contributed by atoms with E-state index in [1.54, 1.807) is 4.90 Å². The fraction of sp³-hybridized carbons (Fsp3) is 0.417. The van der Waals surface area contributed by atoms with Crippen LogP contribution < -0.4 is 10.2 Å². The number of carbonyl (C=O) groups excluding carboxylic acids is 2. The highest BCUT2D eigenvalue weighted by molar-refractivity contribution is 6.02. The van der Waals surface area contributed by atoms with Crippen LogP contribution in [0.5, 0.6) is 0 Å².